The first kappa shape index (κ1) is 9.02. The van der Waals surface area contributed by atoms with Gasteiger partial charge in [0.1, 0.15) is 16.4 Å². The summed E-state index contributed by atoms with van der Waals surface area (Å²) in [7, 11) is 0. The Labute approximate surface area is 93.7 Å². The summed E-state index contributed by atoms with van der Waals surface area (Å²) in [4.78, 5) is 4.08. The van der Waals surface area contributed by atoms with Gasteiger partial charge in [0.25, 0.3) is 0 Å². The summed E-state index contributed by atoms with van der Waals surface area (Å²) >= 11 is 7.94. The minimum absolute atomic E-state index is 0.163. The minimum atomic E-state index is 0.163. The molecular formula is C9H5ClINO. The Morgan fingerprint density at radius 2 is 2.15 bits per heavy atom. The molecule has 0 aliphatic heterocycles. The van der Waals surface area contributed by atoms with E-state index in [9.17, 15) is 5.11 Å². The maximum absolute atomic E-state index is 9.46. The van der Waals surface area contributed by atoms with Crippen molar-refractivity contribution in [3.63, 3.8) is 0 Å². The fraction of sp³-hybridized carbons (Fsp3) is 0. The lowest BCUT2D eigenvalue weighted by atomic mass is 10.2. The molecule has 1 aromatic carbocycles. The number of benzene rings is 1. The van der Waals surface area contributed by atoms with Gasteiger partial charge in [-0.25, -0.2) is 4.98 Å². The second-order valence-electron chi connectivity index (χ2n) is 2.61. The van der Waals surface area contributed by atoms with Gasteiger partial charge in [0.05, 0.1) is 3.57 Å². The molecule has 0 aliphatic carbocycles. The fourth-order valence-electron chi connectivity index (χ4n) is 1.13. The van der Waals surface area contributed by atoms with Crippen molar-refractivity contribution in [1.82, 2.24) is 4.98 Å². The third-order valence-electron chi connectivity index (χ3n) is 1.74. The number of para-hydroxylation sites is 1. The summed E-state index contributed by atoms with van der Waals surface area (Å²) in [6.45, 7) is 0. The molecule has 0 spiro atoms. The molecule has 0 aliphatic rings. The molecule has 1 N–H and O–H groups in total. The molecule has 13 heavy (non-hydrogen) atoms. The summed E-state index contributed by atoms with van der Waals surface area (Å²) in [5.74, 6) is 0.163. The third-order valence-corrected chi connectivity index (χ3v) is 3.16. The summed E-state index contributed by atoms with van der Waals surface area (Å²) in [5, 5.41) is 10.8. The van der Waals surface area contributed by atoms with Gasteiger partial charge in [-0.15, -0.1) is 0 Å². The lowest BCUT2D eigenvalue weighted by Crippen LogP contribution is -1.84. The van der Waals surface area contributed by atoms with E-state index in [1.54, 1.807) is 12.1 Å². The zero-order valence-electron chi connectivity index (χ0n) is 6.46. The predicted octanol–water partition coefficient (Wildman–Crippen LogP) is 3.20. The van der Waals surface area contributed by atoms with E-state index in [2.05, 4.69) is 27.6 Å². The van der Waals surface area contributed by atoms with E-state index in [1.807, 2.05) is 12.1 Å². The van der Waals surface area contributed by atoms with Crippen LogP contribution < -0.4 is 0 Å². The molecule has 0 fully saturated rings. The molecule has 2 nitrogen and oxygen atoms in total. The van der Waals surface area contributed by atoms with Crippen LogP contribution in [0.25, 0.3) is 10.9 Å². The predicted molar refractivity (Wildman–Crippen MR) is 61.1 cm³/mol. The first-order chi connectivity index (χ1) is 6.18. The molecule has 1 heterocycles. The highest BCUT2D eigenvalue weighted by Gasteiger charge is 2.04. The van der Waals surface area contributed by atoms with Crippen LogP contribution in [0.1, 0.15) is 0 Å². The van der Waals surface area contributed by atoms with Crippen LogP contribution in [0.15, 0.2) is 24.3 Å². The van der Waals surface area contributed by atoms with Crippen LogP contribution in [0.4, 0.5) is 0 Å². The molecule has 0 atom stereocenters. The Hall–Kier alpha value is -0.550. The molecule has 0 amide bonds. The maximum Gasteiger partial charge on any atom is 0.143 e. The van der Waals surface area contributed by atoms with E-state index in [0.717, 1.165) is 8.96 Å². The van der Waals surface area contributed by atoms with Gasteiger partial charge in [0.2, 0.25) is 0 Å². The Kier molecular flexibility index (Phi) is 2.29. The van der Waals surface area contributed by atoms with Crippen LogP contribution in [0.2, 0.25) is 5.15 Å². The second-order valence-corrected chi connectivity index (χ2v) is 4.13. The quantitative estimate of drug-likeness (QED) is 0.599. The van der Waals surface area contributed by atoms with E-state index >= 15 is 0 Å². The second kappa shape index (κ2) is 3.31. The Morgan fingerprint density at radius 3 is 2.92 bits per heavy atom. The zero-order valence-corrected chi connectivity index (χ0v) is 9.37. The molecule has 0 saturated carbocycles. The van der Waals surface area contributed by atoms with Crippen molar-refractivity contribution >= 4 is 45.1 Å². The molecule has 4 heteroatoms. The van der Waals surface area contributed by atoms with Crippen LogP contribution >= 0.6 is 34.2 Å². The lowest BCUT2D eigenvalue weighted by Gasteiger charge is -2.01. The van der Waals surface area contributed by atoms with Crippen LogP contribution in [-0.4, -0.2) is 10.1 Å². The van der Waals surface area contributed by atoms with Gasteiger partial charge in [0.15, 0.2) is 0 Å². The van der Waals surface area contributed by atoms with Crippen molar-refractivity contribution in [1.29, 1.82) is 0 Å². The third kappa shape index (κ3) is 1.58. The van der Waals surface area contributed by atoms with Gasteiger partial charge in [-0.1, -0.05) is 23.7 Å². The van der Waals surface area contributed by atoms with Crippen LogP contribution in [-0.2, 0) is 0 Å². The number of phenols is 1. The molecule has 2 rings (SSSR count). The van der Waals surface area contributed by atoms with Gasteiger partial charge >= 0.3 is 0 Å². The summed E-state index contributed by atoms with van der Waals surface area (Å²) in [6, 6.07) is 7.16. The highest BCUT2D eigenvalue weighted by molar-refractivity contribution is 14.1. The number of phenolic OH excluding ortho intramolecular Hbond substituents is 1. The number of nitrogens with zero attached hydrogens (tertiary/aromatic N) is 1. The molecule has 0 bridgehead atoms. The van der Waals surface area contributed by atoms with Crippen molar-refractivity contribution in [2.24, 2.45) is 0 Å². The summed E-state index contributed by atoms with van der Waals surface area (Å²) in [5.41, 5.74) is 0.549. The minimum Gasteiger partial charge on any atom is -0.506 e. The van der Waals surface area contributed by atoms with E-state index < -0.39 is 0 Å². The highest BCUT2D eigenvalue weighted by Crippen LogP contribution is 2.27. The van der Waals surface area contributed by atoms with Crippen LogP contribution in [0, 0.1) is 3.57 Å². The van der Waals surface area contributed by atoms with E-state index in [-0.39, 0.29) is 5.75 Å². The van der Waals surface area contributed by atoms with Gasteiger partial charge in [-0.3, -0.25) is 0 Å². The smallest absolute Gasteiger partial charge is 0.143 e. The van der Waals surface area contributed by atoms with Gasteiger partial charge in [0, 0.05) is 5.39 Å². The molecule has 1 aromatic heterocycles. The molecule has 0 unspecified atom stereocenters. The number of hydrogen-bond acceptors (Lipinski definition) is 2. The number of aromatic hydroxyl groups is 1. The Bertz CT molecular complexity index is 472. The Morgan fingerprint density at radius 1 is 1.38 bits per heavy atom. The molecule has 0 saturated heterocycles. The van der Waals surface area contributed by atoms with Crippen molar-refractivity contribution < 1.29 is 5.11 Å². The summed E-state index contributed by atoms with van der Waals surface area (Å²) in [6.07, 6.45) is 0. The largest absolute Gasteiger partial charge is 0.506 e. The number of aromatic nitrogens is 1. The Balaban J connectivity index is 2.89. The van der Waals surface area contributed by atoms with Crippen molar-refractivity contribution in [2.45, 2.75) is 0 Å². The van der Waals surface area contributed by atoms with Crippen molar-refractivity contribution in [3.05, 3.63) is 33.0 Å². The van der Waals surface area contributed by atoms with Crippen LogP contribution in [0.3, 0.4) is 0 Å². The topological polar surface area (TPSA) is 33.1 Å². The monoisotopic (exact) mass is 305 g/mol. The highest BCUT2D eigenvalue weighted by atomic mass is 127. The molecule has 66 valence electrons. The number of halogens is 2. The molecule has 0 radical (unpaired) electrons. The average Bonchev–Trinajstić information content (AvgIpc) is 2.09. The van der Waals surface area contributed by atoms with E-state index in [4.69, 9.17) is 11.6 Å². The normalized spacial score (nSPS) is 10.6. The standard InChI is InChI=1S/C9H5ClINO/c10-9-6(11)4-5-2-1-3-7(13)8(5)12-9/h1-4,13H. The first-order valence-electron chi connectivity index (χ1n) is 3.62. The SMILES string of the molecule is Oc1cccc2cc(I)c(Cl)nc12. The van der Waals surface area contributed by atoms with Crippen LogP contribution in [0.5, 0.6) is 5.75 Å². The fourth-order valence-corrected chi connectivity index (χ4v) is 1.73. The molecular weight excluding hydrogens is 300 g/mol. The zero-order chi connectivity index (χ0) is 9.42. The number of hydrogen-bond donors (Lipinski definition) is 1. The van der Waals surface area contributed by atoms with Gasteiger partial charge < -0.3 is 5.11 Å². The number of pyridine rings is 1. The van der Waals surface area contributed by atoms with Gasteiger partial charge in [-0.05, 0) is 34.7 Å². The van der Waals surface area contributed by atoms with E-state index in [0.29, 0.717) is 10.7 Å². The number of rotatable bonds is 0. The summed E-state index contributed by atoms with van der Waals surface area (Å²) < 4.78 is 0.886. The van der Waals surface area contributed by atoms with E-state index in [1.165, 1.54) is 0 Å². The lowest BCUT2D eigenvalue weighted by molar-refractivity contribution is 0.480. The van der Waals surface area contributed by atoms with Gasteiger partial charge in [-0.2, -0.15) is 0 Å². The first-order valence-corrected chi connectivity index (χ1v) is 5.08. The average molecular weight is 306 g/mol. The number of fused-ring (bicyclic) bond motifs is 1. The maximum atomic E-state index is 9.46. The van der Waals surface area contributed by atoms with Crippen molar-refractivity contribution in [3.8, 4) is 5.75 Å². The van der Waals surface area contributed by atoms with Crippen molar-refractivity contribution in [2.75, 3.05) is 0 Å². The molecule has 2 aromatic rings.